The molecule has 0 aromatic heterocycles. The van der Waals surface area contributed by atoms with Gasteiger partial charge in [0.25, 0.3) is 0 Å². The predicted octanol–water partition coefficient (Wildman–Crippen LogP) is 1.76. The fourth-order valence-electron chi connectivity index (χ4n) is 2.54. The van der Waals surface area contributed by atoms with Crippen molar-refractivity contribution in [3.63, 3.8) is 0 Å². The molecule has 14 heavy (non-hydrogen) atoms. The largest absolute Gasteiger partial charge is 0.314 e. The van der Waals surface area contributed by atoms with E-state index in [0.717, 1.165) is 18.0 Å². The maximum absolute atomic E-state index is 3.71. The summed E-state index contributed by atoms with van der Waals surface area (Å²) < 4.78 is 0. The third-order valence-corrected chi connectivity index (χ3v) is 3.90. The number of nitrogens with one attached hydrogen (secondary N) is 2. The van der Waals surface area contributed by atoms with Crippen LogP contribution in [0.5, 0.6) is 0 Å². The van der Waals surface area contributed by atoms with Crippen LogP contribution in [0.4, 0.5) is 0 Å². The van der Waals surface area contributed by atoms with E-state index >= 15 is 0 Å². The standard InChI is InChI=1S/C12H24N2/c1-9-6-10(4-5-13-9)8-14-11-7-12(11,2)3/h9-11,13-14H,4-8H2,1-3H3. The highest BCUT2D eigenvalue weighted by atomic mass is 15.0. The van der Waals surface area contributed by atoms with E-state index in [4.69, 9.17) is 0 Å². The zero-order valence-corrected chi connectivity index (χ0v) is 9.77. The first kappa shape index (κ1) is 10.4. The summed E-state index contributed by atoms with van der Waals surface area (Å²) in [6.45, 7) is 9.46. The summed E-state index contributed by atoms with van der Waals surface area (Å²) in [6.07, 6.45) is 4.07. The molecule has 0 amide bonds. The molecule has 3 unspecified atom stereocenters. The highest BCUT2D eigenvalue weighted by molar-refractivity contribution is 5.01. The molecule has 0 aromatic carbocycles. The maximum atomic E-state index is 3.71. The van der Waals surface area contributed by atoms with Crippen LogP contribution in [0.15, 0.2) is 0 Å². The smallest absolute Gasteiger partial charge is 0.0125 e. The van der Waals surface area contributed by atoms with Crippen molar-refractivity contribution in [2.75, 3.05) is 13.1 Å². The zero-order valence-electron chi connectivity index (χ0n) is 9.77. The lowest BCUT2D eigenvalue weighted by Crippen LogP contribution is -2.40. The van der Waals surface area contributed by atoms with E-state index in [2.05, 4.69) is 31.4 Å². The fourth-order valence-corrected chi connectivity index (χ4v) is 2.54. The van der Waals surface area contributed by atoms with Crippen LogP contribution in [0.2, 0.25) is 0 Å². The molecule has 2 N–H and O–H groups in total. The average Bonchev–Trinajstić information content (AvgIpc) is 2.71. The molecule has 82 valence electrons. The second kappa shape index (κ2) is 3.82. The highest BCUT2D eigenvalue weighted by Crippen LogP contribution is 2.44. The van der Waals surface area contributed by atoms with Gasteiger partial charge in [-0.05, 0) is 50.6 Å². The molecule has 2 nitrogen and oxygen atoms in total. The fraction of sp³-hybridized carbons (Fsp3) is 1.00. The minimum absolute atomic E-state index is 0.582. The third kappa shape index (κ3) is 2.48. The Morgan fingerprint density at radius 2 is 2.14 bits per heavy atom. The lowest BCUT2D eigenvalue weighted by Gasteiger charge is -2.28. The van der Waals surface area contributed by atoms with Crippen molar-refractivity contribution in [1.82, 2.24) is 10.6 Å². The van der Waals surface area contributed by atoms with E-state index in [1.807, 2.05) is 0 Å². The summed E-state index contributed by atoms with van der Waals surface area (Å²) in [7, 11) is 0. The summed E-state index contributed by atoms with van der Waals surface area (Å²) in [6, 6.07) is 1.52. The van der Waals surface area contributed by atoms with Gasteiger partial charge in [0, 0.05) is 12.1 Å². The van der Waals surface area contributed by atoms with Crippen LogP contribution < -0.4 is 10.6 Å². The Bertz CT molecular complexity index is 200. The van der Waals surface area contributed by atoms with Crippen LogP contribution in [-0.4, -0.2) is 25.2 Å². The Morgan fingerprint density at radius 3 is 2.71 bits per heavy atom. The van der Waals surface area contributed by atoms with E-state index in [9.17, 15) is 0 Å². The summed E-state index contributed by atoms with van der Waals surface area (Å²) in [5, 5.41) is 7.21. The number of piperidine rings is 1. The molecular weight excluding hydrogens is 172 g/mol. The number of hydrogen-bond donors (Lipinski definition) is 2. The average molecular weight is 196 g/mol. The monoisotopic (exact) mass is 196 g/mol. The molecule has 3 atom stereocenters. The summed E-state index contributed by atoms with van der Waals surface area (Å²) in [4.78, 5) is 0. The summed E-state index contributed by atoms with van der Waals surface area (Å²) in [5.41, 5.74) is 0.582. The summed E-state index contributed by atoms with van der Waals surface area (Å²) >= 11 is 0. The zero-order chi connectivity index (χ0) is 10.2. The van der Waals surface area contributed by atoms with Gasteiger partial charge < -0.3 is 10.6 Å². The lowest BCUT2D eigenvalue weighted by atomic mass is 9.93. The first-order valence-electron chi connectivity index (χ1n) is 6.05. The molecule has 1 saturated heterocycles. The molecule has 2 fully saturated rings. The Kier molecular flexibility index (Phi) is 2.85. The van der Waals surface area contributed by atoms with Gasteiger partial charge in [-0.1, -0.05) is 13.8 Å². The molecular formula is C12H24N2. The number of rotatable bonds is 3. The van der Waals surface area contributed by atoms with E-state index in [1.54, 1.807) is 0 Å². The Balaban J connectivity index is 1.66. The molecule has 0 spiro atoms. The first-order chi connectivity index (χ1) is 6.58. The molecule has 1 heterocycles. The van der Waals surface area contributed by atoms with Crippen LogP contribution in [0, 0.1) is 11.3 Å². The molecule has 2 aliphatic rings. The van der Waals surface area contributed by atoms with Gasteiger partial charge in [-0.15, -0.1) is 0 Å². The van der Waals surface area contributed by atoms with Crippen molar-refractivity contribution in [3.05, 3.63) is 0 Å². The normalized spacial score (nSPS) is 40.9. The first-order valence-corrected chi connectivity index (χ1v) is 6.05. The van der Waals surface area contributed by atoms with Crippen molar-refractivity contribution < 1.29 is 0 Å². The quantitative estimate of drug-likeness (QED) is 0.719. The third-order valence-electron chi connectivity index (χ3n) is 3.90. The van der Waals surface area contributed by atoms with E-state index in [1.165, 1.54) is 32.4 Å². The van der Waals surface area contributed by atoms with Gasteiger partial charge in [-0.3, -0.25) is 0 Å². The van der Waals surface area contributed by atoms with Crippen LogP contribution >= 0.6 is 0 Å². The summed E-state index contributed by atoms with van der Waals surface area (Å²) in [5.74, 6) is 0.905. The molecule has 0 radical (unpaired) electrons. The van der Waals surface area contributed by atoms with Crippen LogP contribution in [0.3, 0.4) is 0 Å². The minimum Gasteiger partial charge on any atom is -0.314 e. The van der Waals surface area contributed by atoms with Crippen molar-refractivity contribution in [3.8, 4) is 0 Å². The van der Waals surface area contributed by atoms with Gasteiger partial charge in [-0.25, -0.2) is 0 Å². The second-order valence-corrected chi connectivity index (χ2v) is 5.90. The lowest BCUT2D eigenvalue weighted by molar-refractivity contribution is 0.300. The van der Waals surface area contributed by atoms with Crippen molar-refractivity contribution in [2.24, 2.45) is 11.3 Å². The van der Waals surface area contributed by atoms with Gasteiger partial charge >= 0.3 is 0 Å². The number of hydrogen-bond acceptors (Lipinski definition) is 2. The molecule has 1 aliphatic heterocycles. The molecule has 1 aliphatic carbocycles. The second-order valence-electron chi connectivity index (χ2n) is 5.90. The van der Waals surface area contributed by atoms with Crippen LogP contribution in [0.1, 0.15) is 40.0 Å². The SMILES string of the molecule is CC1CC(CNC2CC2(C)C)CCN1. The Labute approximate surface area is 87.8 Å². The van der Waals surface area contributed by atoms with Gasteiger partial charge in [0.2, 0.25) is 0 Å². The highest BCUT2D eigenvalue weighted by Gasteiger charge is 2.45. The molecule has 0 bridgehead atoms. The van der Waals surface area contributed by atoms with E-state index in [0.29, 0.717) is 5.41 Å². The predicted molar refractivity (Wildman–Crippen MR) is 60.4 cm³/mol. The van der Waals surface area contributed by atoms with Crippen molar-refractivity contribution in [1.29, 1.82) is 0 Å². The van der Waals surface area contributed by atoms with Gasteiger partial charge in [0.1, 0.15) is 0 Å². The minimum atomic E-state index is 0.582. The van der Waals surface area contributed by atoms with E-state index in [-0.39, 0.29) is 0 Å². The molecule has 2 rings (SSSR count). The topological polar surface area (TPSA) is 24.1 Å². The van der Waals surface area contributed by atoms with Crippen LogP contribution in [0.25, 0.3) is 0 Å². The van der Waals surface area contributed by atoms with Crippen molar-refractivity contribution in [2.45, 2.75) is 52.1 Å². The Hall–Kier alpha value is -0.0800. The maximum Gasteiger partial charge on any atom is 0.0125 e. The Morgan fingerprint density at radius 1 is 1.43 bits per heavy atom. The van der Waals surface area contributed by atoms with Crippen LogP contribution in [-0.2, 0) is 0 Å². The van der Waals surface area contributed by atoms with Gasteiger partial charge in [-0.2, -0.15) is 0 Å². The van der Waals surface area contributed by atoms with Crippen molar-refractivity contribution >= 4 is 0 Å². The molecule has 0 aromatic rings. The molecule has 1 saturated carbocycles. The van der Waals surface area contributed by atoms with Gasteiger partial charge in [0.15, 0.2) is 0 Å². The van der Waals surface area contributed by atoms with E-state index < -0.39 is 0 Å². The van der Waals surface area contributed by atoms with Gasteiger partial charge in [0.05, 0.1) is 0 Å². The molecule has 2 heteroatoms.